The maximum atomic E-state index is 12.5. The van der Waals surface area contributed by atoms with Gasteiger partial charge in [-0.1, -0.05) is 42.8 Å². The number of aryl methyl sites for hydroxylation is 1. The molecule has 4 rings (SSSR count). The van der Waals surface area contributed by atoms with Crippen LogP contribution in [0.4, 0.5) is 10.5 Å². The van der Waals surface area contributed by atoms with Crippen molar-refractivity contribution in [2.24, 2.45) is 5.92 Å². The van der Waals surface area contributed by atoms with Gasteiger partial charge < -0.3 is 10.6 Å². The minimum Gasteiger partial charge on any atom is -0.315 e. The summed E-state index contributed by atoms with van der Waals surface area (Å²) in [4.78, 5) is 13.7. The van der Waals surface area contributed by atoms with Gasteiger partial charge in [0.25, 0.3) is 0 Å². The number of amides is 2. The maximum absolute atomic E-state index is 12.5. The average molecular weight is 369 g/mol. The molecule has 4 N–H and O–H groups in total. The van der Waals surface area contributed by atoms with Gasteiger partial charge in [0.15, 0.2) is 0 Å². The number of urea groups is 1. The lowest BCUT2D eigenvalue weighted by atomic mass is 9.79. The highest BCUT2D eigenvalue weighted by molar-refractivity contribution is 7.97. The Kier molecular flexibility index (Phi) is 4.65. The first-order valence-corrected chi connectivity index (χ1v) is 9.87. The zero-order chi connectivity index (χ0) is 18.1. The summed E-state index contributed by atoms with van der Waals surface area (Å²) < 4.78 is 3.50. The van der Waals surface area contributed by atoms with Gasteiger partial charge in [-0.05, 0) is 49.5 Å². The topological polar surface area (TPSA) is 65.2 Å². The van der Waals surface area contributed by atoms with Gasteiger partial charge in [0.2, 0.25) is 0 Å². The summed E-state index contributed by atoms with van der Waals surface area (Å²) in [6, 6.07) is 14.5. The molecule has 2 aromatic rings. The van der Waals surface area contributed by atoms with Crippen molar-refractivity contribution < 1.29 is 4.79 Å². The molecule has 2 aliphatic heterocycles. The summed E-state index contributed by atoms with van der Waals surface area (Å²) in [5, 5.41) is 9.81. The number of anilines is 1. The van der Waals surface area contributed by atoms with Crippen LogP contribution in [0.1, 0.15) is 23.6 Å². The Balaban J connectivity index is 1.83. The van der Waals surface area contributed by atoms with Crippen molar-refractivity contribution in [3.05, 3.63) is 59.2 Å². The van der Waals surface area contributed by atoms with Gasteiger partial charge in [0.05, 0.1) is 0 Å². The Morgan fingerprint density at radius 3 is 2.96 bits per heavy atom. The van der Waals surface area contributed by atoms with E-state index in [1.54, 1.807) is 11.9 Å². The predicted octanol–water partition coefficient (Wildman–Crippen LogP) is 3.36. The fourth-order valence-corrected chi connectivity index (χ4v) is 4.88. The van der Waals surface area contributed by atoms with E-state index in [4.69, 9.17) is 0 Å². The molecule has 5 nitrogen and oxygen atoms in total. The molecule has 2 unspecified atom stereocenters. The summed E-state index contributed by atoms with van der Waals surface area (Å²) in [6.45, 7) is 5.72. The predicted molar refractivity (Wildman–Crippen MR) is 106 cm³/mol. The van der Waals surface area contributed by atoms with Crippen molar-refractivity contribution in [1.82, 2.24) is 15.4 Å². The van der Waals surface area contributed by atoms with Crippen molar-refractivity contribution in [2.45, 2.75) is 30.8 Å². The van der Waals surface area contributed by atoms with E-state index < -0.39 is 5.66 Å². The average Bonchev–Trinajstić information content (AvgIpc) is 2.85. The first-order chi connectivity index (χ1) is 12.6. The van der Waals surface area contributed by atoms with Crippen LogP contribution in [0.25, 0.3) is 0 Å². The lowest BCUT2D eigenvalue weighted by molar-refractivity contribution is 0.161. The Morgan fingerprint density at radius 1 is 1.27 bits per heavy atom. The monoisotopic (exact) mass is 368 g/mol. The largest absolute Gasteiger partial charge is 0.320 e. The van der Waals surface area contributed by atoms with Crippen molar-refractivity contribution in [1.29, 1.82) is 0 Å². The van der Waals surface area contributed by atoms with Crippen molar-refractivity contribution in [3.63, 3.8) is 0 Å². The number of carbonyl (C=O) groups is 1. The molecule has 2 aromatic carbocycles. The third-order valence-electron chi connectivity index (χ3n) is 5.18. The molecule has 136 valence electrons. The molecule has 0 saturated heterocycles. The van der Waals surface area contributed by atoms with Gasteiger partial charge in [0, 0.05) is 28.6 Å². The van der Waals surface area contributed by atoms with Crippen LogP contribution in [0.5, 0.6) is 0 Å². The third kappa shape index (κ3) is 2.98. The third-order valence-corrected chi connectivity index (χ3v) is 6.11. The van der Waals surface area contributed by atoms with Crippen molar-refractivity contribution >= 4 is 23.7 Å². The first kappa shape index (κ1) is 17.4. The van der Waals surface area contributed by atoms with Crippen LogP contribution in [-0.2, 0) is 12.1 Å². The zero-order valence-corrected chi connectivity index (χ0v) is 15.9. The van der Waals surface area contributed by atoms with E-state index >= 15 is 0 Å². The van der Waals surface area contributed by atoms with E-state index in [2.05, 4.69) is 64.9 Å². The highest BCUT2D eigenvalue weighted by Crippen LogP contribution is 2.40. The van der Waals surface area contributed by atoms with E-state index in [-0.39, 0.29) is 11.9 Å². The van der Waals surface area contributed by atoms with Gasteiger partial charge in [-0.3, -0.25) is 10.0 Å². The molecule has 0 saturated carbocycles. The maximum Gasteiger partial charge on any atom is 0.320 e. The minimum absolute atomic E-state index is 0.160. The van der Waals surface area contributed by atoms with Gasteiger partial charge in [-0.2, -0.15) is 0 Å². The molecule has 0 bridgehead atoms. The summed E-state index contributed by atoms with van der Waals surface area (Å²) in [6.07, 6.45) is 0.886. The molecule has 2 heterocycles. The standard InChI is InChI=1S/C20H24N4OS/c1-3-21-20(15-11-14-6-4-5-7-18(14)26-22-12-15)16-10-13(2)8-9-17(16)23-19(25)24-20/h4-10,15,21-22H,3,11-12H2,1-2H3,(H2,23,24,25). The van der Waals surface area contributed by atoms with Crippen molar-refractivity contribution in [2.75, 3.05) is 18.4 Å². The van der Waals surface area contributed by atoms with Gasteiger partial charge in [-0.25, -0.2) is 4.79 Å². The van der Waals surface area contributed by atoms with Crippen LogP contribution in [0.3, 0.4) is 0 Å². The van der Waals surface area contributed by atoms with Gasteiger partial charge in [0.1, 0.15) is 5.66 Å². The van der Waals surface area contributed by atoms with E-state index in [0.29, 0.717) is 0 Å². The number of hydrogen-bond acceptors (Lipinski definition) is 4. The summed E-state index contributed by atoms with van der Waals surface area (Å²) in [5.41, 5.74) is 3.87. The molecule has 0 spiro atoms. The number of benzene rings is 2. The molecule has 0 aliphatic carbocycles. The van der Waals surface area contributed by atoms with E-state index in [1.807, 2.05) is 12.1 Å². The Bertz CT molecular complexity index is 840. The van der Waals surface area contributed by atoms with Gasteiger partial charge >= 0.3 is 6.03 Å². The van der Waals surface area contributed by atoms with E-state index in [9.17, 15) is 4.79 Å². The lowest BCUT2D eigenvalue weighted by Gasteiger charge is -2.46. The second-order valence-electron chi connectivity index (χ2n) is 6.93. The number of hydrogen-bond donors (Lipinski definition) is 4. The van der Waals surface area contributed by atoms with E-state index in [0.717, 1.165) is 30.8 Å². The van der Waals surface area contributed by atoms with Crippen LogP contribution in [-0.4, -0.2) is 19.1 Å². The van der Waals surface area contributed by atoms with Crippen molar-refractivity contribution in [3.8, 4) is 0 Å². The molecule has 0 radical (unpaired) electrons. The van der Waals surface area contributed by atoms with Gasteiger partial charge in [-0.15, -0.1) is 0 Å². The molecule has 0 aromatic heterocycles. The molecule has 26 heavy (non-hydrogen) atoms. The van der Waals surface area contributed by atoms with Crippen LogP contribution in [0.2, 0.25) is 0 Å². The molecule has 2 amide bonds. The number of fused-ring (bicyclic) bond motifs is 2. The van der Waals surface area contributed by atoms with Crippen LogP contribution in [0.15, 0.2) is 47.4 Å². The highest BCUT2D eigenvalue weighted by atomic mass is 32.2. The molecular formula is C20H24N4OS. The summed E-state index contributed by atoms with van der Waals surface area (Å²) in [5.74, 6) is 0.171. The Labute approximate surface area is 158 Å². The fraction of sp³-hybridized carbons (Fsp3) is 0.350. The van der Waals surface area contributed by atoms with Crippen LogP contribution in [0, 0.1) is 12.8 Å². The minimum atomic E-state index is -0.608. The zero-order valence-electron chi connectivity index (χ0n) is 15.1. The smallest absolute Gasteiger partial charge is 0.315 e. The number of nitrogens with one attached hydrogen (secondary N) is 4. The summed E-state index contributed by atoms with van der Waals surface area (Å²) in [7, 11) is 0. The van der Waals surface area contributed by atoms with Crippen LogP contribution < -0.4 is 20.7 Å². The number of carbonyl (C=O) groups excluding carboxylic acids is 1. The van der Waals surface area contributed by atoms with Crippen LogP contribution >= 0.6 is 11.9 Å². The molecule has 0 fully saturated rings. The Hall–Kier alpha value is -2.02. The molecular weight excluding hydrogens is 344 g/mol. The first-order valence-electron chi connectivity index (χ1n) is 9.05. The molecule has 2 aliphatic rings. The summed E-state index contributed by atoms with van der Waals surface area (Å²) >= 11 is 1.67. The molecule has 2 atom stereocenters. The SMILES string of the molecule is CCNC1(C2CNSc3ccccc3C2)NC(=O)Nc2ccc(C)cc21. The molecule has 6 heteroatoms. The number of rotatable bonds is 3. The highest BCUT2D eigenvalue weighted by Gasteiger charge is 2.46. The second kappa shape index (κ2) is 6.95. The lowest BCUT2D eigenvalue weighted by Crippen LogP contribution is -2.65. The quantitative estimate of drug-likeness (QED) is 0.627. The Morgan fingerprint density at radius 2 is 2.12 bits per heavy atom. The fourth-order valence-electron chi connectivity index (χ4n) is 4.01. The van der Waals surface area contributed by atoms with E-state index in [1.165, 1.54) is 16.0 Å². The second-order valence-corrected chi connectivity index (χ2v) is 7.86. The normalized spacial score (nSPS) is 24.7.